The van der Waals surface area contributed by atoms with Gasteiger partial charge in [0.15, 0.2) is 0 Å². The van der Waals surface area contributed by atoms with E-state index in [1.165, 1.54) is 6.08 Å². The van der Waals surface area contributed by atoms with E-state index in [1.807, 2.05) is 6.92 Å². The molecule has 2 aromatic rings. The number of amides is 2. The summed E-state index contributed by atoms with van der Waals surface area (Å²) in [5, 5.41) is -0.538. The third-order valence-corrected chi connectivity index (χ3v) is 5.56. The summed E-state index contributed by atoms with van der Waals surface area (Å²) in [5.74, 6) is -0.694. The zero-order valence-corrected chi connectivity index (χ0v) is 18.8. The quantitative estimate of drug-likeness (QED) is 0.422. The van der Waals surface area contributed by atoms with Crippen molar-refractivity contribution in [2.75, 3.05) is 13.2 Å². The highest BCUT2D eigenvalue weighted by atomic mass is 32.2. The molecule has 1 saturated heterocycles. The van der Waals surface area contributed by atoms with E-state index in [-0.39, 0.29) is 11.0 Å². The number of carbonyl (C=O) groups is 4. The van der Waals surface area contributed by atoms with Gasteiger partial charge in [0.2, 0.25) is 0 Å². The van der Waals surface area contributed by atoms with Crippen molar-refractivity contribution >= 4 is 40.9 Å². The smallest absolute Gasteiger partial charge is 0.338 e. The van der Waals surface area contributed by atoms with Crippen LogP contribution in [0.5, 0.6) is 0 Å². The Kier molecular flexibility index (Phi) is 7.53. The molecule has 1 aromatic heterocycles. The summed E-state index contributed by atoms with van der Waals surface area (Å²) in [6.07, 6.45) is 1.81. The first kappa shape index (κ1) is 23.3. The van der Waals surface area contributed by atoms with Crippen LogP contribution in [0.25, 0.3) is 17.4 Å². The average Bonchev–Trinajstić information content (AvgIpc) is 3.34. The minimum absolute atomic E-state index is 0.157. The molecule has 168 valence electrons. The molecular weight excluding hydrogens is 434 g/mol. The Bertz CT molecular complexity index is 1050. The lowest BCUT2D eigenvalue weighted by Gasteiger charge is -2.14. The van der Waals surface area contributed by atoms with Crippen LogP contribution in [0.2, 0.25) is 0 Å². The molecule has 1 aromatic carbocycles. The van der Waals surface area contributed by atoms with Gasteiger partial charge in [-0.15, -0.1) is 0 Å². The van der Waals surface area contributed by atoms with Gasteiger partial charge < -0.3 is 13.9 Å². The van der Waals surface area contributed by atoms with Crippen LogP contribution in [0.3, 0.4) is 0 Å². The van der Waals surface area contributed by atoms with Crippen LogP contribution in [-0.2, 0) is 19.1 Å². The van der Waals surface area contributed by atoms with Gasteiger partial charge in [-0.25, -0.2) is 4.79 Å². The fraction of sp³-hybridized carbons (Fsp3) is 0.304. The molecule has 8 nitrogen and oxygen atoms in total. The Hall–Kier alpha value is -3.33. The van der Waals surface area contributed by atoms with Gasteiger partial charge in [-0.1, -0.05) is 19.1 Å². The number of furan rings is 1. The molecule has 0 radical (unpaired) electrons. The van der Waals surface area contributed by atoms with Crippen molar-refractivity contribution in [3.63, 3.8) is 0 Å². The lowest BCUT2D eigenvalue weighted by atomic mass is 10.1. The SMILES string of the molecule is CCOC(=O)c1ccc(-c2ccc(/C=C3/SC(=O)N(CC(=O)O[C@@H](C)CC)C3=O)o2)cc1. The molecule has 2 amide bonds. The van der Waals surface area contributed by atoms with E-state index in [2.05, 4.69) is 0 Å². The van der Waals surface area contributed by atoms with Crippen LogP contribution in [0.1, 0.15) is 43.3 Å². The first-order valence-corrected chi connectivity index (χ1v) is 11.0. The topological polar surface area (TPSA) is 103 Å². The molecule has 0 aliphatic carbocycles. The number of esters is 2. The van der Waals surface area contributed by atoms with Gasteiger partial charge in [0.05, 0.1) is 23.2 Å². The average molecular weight is 458 g/mol. The summed E-state index contributed by atoms with van der Waals surface area (Å²) >= 11 is 0.737. The number of imide groups is 1. The molecule has 9 heteroatoms. The van der Waals surface area contributed by atoms with Gasteiger partial charge in [-0.2, -0.15) is 0 Å². The minimum atomic E-state index is -0.630. The maximum atomic E-state index is 12.6. The number of hydrogen-bond donors (Lipinski definition) is 0. The zero-order valence-electron chi connectivity index (χ0n) is 18.0. The van der Waals surface area contributed by atoms with Crippen LogP contribution in [0, 0.1) is 0 Å². The van der Waals surface area contributed by atoms with Gasteiger partial charge in [0.25, 0.3) is 11.1 Å². The first-order valence-electron chi connectivity index (χ1n) is 10.1. The predicted molar refractivity (Wildman–Crippen MR) is 119 cm³/mol. The van der Waals surface area contributed by atoms with E-state index in [1.54, 1.807) is 50.2 Å². The standard InChI is InChI=1S/C23H23NO7S/c1-4-14(3)30-20(25)13-24-21(26)19(32-23(24)28)12-17-10-11-18(31-17)15-6-8-16(9-7-15)22(27)29-5-2/h6-12,14H,4-5,13H2,1-3H3/b19-12+/t14-/m0/s1. The first-order chi connectivity index (χ1) is 15.3. The zero-order chi connectivity index (χ0) is 23.3. The highest BCUT2D eigenvalue weighted by Crippen LogP contribution is 2.33. The minimum Gasteiger partial charge on any atom is -0.462 e. The van der Waals surface area contributed by atoms with Gasteiger partial charge in [0.1, 0.15) is 18.1 Å². The highest BCUT2D eigenvalue weighted by molar-refractivity contribution is 8.18. The molecular formula is C23H23NO7S. The molecule has 1 aliphatic heterocycles. The van der Waals surface area contributed by atoms with Gasteiger partial charge in [-0.05, 0) is 56.3 Å². The fourth-order valence-corrected chi connectivity index (χ4v) is 3.63. The molecule has 0 N–H and O–H groups in total. The maximum absolute atomic E-state index is 12.6. The van der Waals surface area contributed by atoms with Crippen LogP contribution in [0.15, 0.2) is 45.7 Å². The third-order valence-electron chi connectivity index (χ3n) is 4.65. The lowest BCUT2D eigenvalue weighted by molar-refractivity contribution is -0.150. The number of ether oxygens (including phenoxy) is 2. The van der Waals surface area contributed by atoms with Crippen molar-refractivity contribution in [3.05, 3.63) is 52.6 Å². The lowest BCUT2D eigenvalue weighted by Crippen LogP contribution is -2.35. The number of rotatable bonds is 8. The highest BCUT2D eigenvalue weighted by Gasteiger charge is 2.37. The largest absolute Gasteiger partial charge is 0.462 e. The van der Waals surface area contributed by atoms with Crippen molar-refractivity contribution in [2.45, 2.75) is 33.3 Å². The van der Waals surface area contributed by atoms with Crippen molar-refractivity contribution in [1.29, 1.82) is 0 Å². The Morgan fingerprint density at radius 1 is 1.12 bits per heavy atom. The summed E-state index contributed by atoms with van der Waals surface area (Å²) in [5.41, 5.74) is 1.17. The van der Waals surface area contributed by atoms with Crippen molar-refractivity contribution in [3.8, 4) is 11.3 Å². The van der Waals surface area contributed by atoms with Crippen molar-refractivity contribution in [2.24, 2.45) is 0 Å². The summed E-state index contributed by atoms with van der Waals surface area (Å²) in [6.45, 7) is 5.22. The monoisotopic (exact) mass is 457 g/mol. The number of nitrogens with zero attached hydrogens (tertiary/aromatic N) is 1. The Labute approximate surface area is 189 Å². The number of carbonyl (C=O) groups excluding carboxylic acids is 4. The fourth-order valence-electron chi connectivity index (χ4n) is 2.81. The van der Waals surface area contributed by atoms with E-state index < -0.39 is 29.6 Å². The molecule has 0 unspecified atom stereocenters. The molecule has 1 fully saturated rings. The second-order valence-corrected chi connectivity index (χ2v) is 7.97. The molecule has 32 heavy (non-hydrogen) atoms. The van der Waals surface area contributed by atoms with Gasteiger partial charge >= 0.3 is 11.9 Å². The molecule has 1 aliphatic rings. The Morgan fingerprint density at radius 2 is 1.84 bits per heavy atom. The third kappa shape index (κ3) is 5.47. The second-order valence-electron chi connectivity index (χ2n) is 6.98. The number of benzene rings is 1. The molecule has 0 saturated carbocycles. The molecule has 1 atom stereocenters. The summed E-state index contributed by atoms with van der Waals surface area (Å²) in [6, 6.07) is 10.1. The van der Waals surface area contributed by atoms with Crippen molar-refractivity contribution < 1.29 is 33.1 Å². The summed E-state index contributed by atoms with van der Waals surface area (Å²) < 4.78 is 15.9. The summed E-state index contributed by atoms with van der Waals surface area (Å²) in [7, 11) is 0. The molecule has 0 bridgehead atoms. The molecule has 2 heterocycles. The van der Waals surface area contributed by atoms with E-state index >= 15 is 0 Å². The van der Waals surface area contributed by atoms with E-state index in [4.69, 9.17) is 13.9 Å². The van der Waals surface area contributed by atoms with Crippen LogP contribution in [0.4, 0.5) is 4.79 Å². The van der Waals surface area contributed by atoms with Gasteiger partial charge in [0, 0.05) is 11.6 Å². The van der Waals surface area contributed by atoms with Gasteiger partial charge in [-0.3, -0.25) is 19.3 Å². The summed E-state index contributed by atoms with van der Waals surface area (Å²) in [4.78, 5) is 49.5. The molecule has 0 spiro atoms. The Balaban J connectivity index is 1.69. The second kappa shape index (κ2) is 10.3. The molecule has 3 rings (SSSR count). The van der Waals surface area contributed by atoms with Crippen molar-refractivity contribution in [1.82, 2.24) is 4.90 Å². The number of hydrogen-bond acceptors (Lipinski definition) is 8. The Morgan fingerprint density at radius 3 is 2.50 bits per heavy atom. The van der Waals surface area contributed by atoms with Crippen LogP contribution < -0.4 is 0 Å². The van der Waals surface area contributed by atoms with E-state index in [0.29, 0.717) is 30.1 Å². The van der Waals surface area contributed by atoms with E-state index in [9.17, 15) is 19.2 Å². The van der Waals surface area contributed by atoms with Crippen LogP contribution in [-0.4, -0.2) is 47.2 Å². The number of thioether (sulfide) groups is 1. The predicted octanol–water partition coefficient (Wildman–Crippen LogP) is 4.50. The van der Waals surface area contributed by atoms with E-state index in [0.717, 1.165) is 22.2 Å². The van der Waals surface area contributed by atoms with Crippen LogP contribution >= 0.6 is 11.8 Å². The maximum Gasteiger partial charge on any atom is 0.338 e. The normalized spacial score (nSPS) is 15.8.